The van der Waals surface area contributed by atoms with Gasteiger partial charge in [-0.15, -0.1) is 0 Å². The highest BCUT2D eigenvalue weighted by Crippen LogP contribution is 1.93. The van der Waals surface area contributed by atoms with E-state index >= 15 is 0 Å². The van der Waals surface area contributed by atoms with Crippen LogP contribution in [0, 0.1) is 0 Å². The van der Waals surface area contributed by atoms with Crippen molar-refractivity contribution in [1.82, 2.24) is 10.2 Å². The van der Waals surface area contributed by atoms with E-state index in [1.165, 1.54) is 13.0 Å². The maximum Gasteiger partial charge on any atom is 0.133 e. The SMILES string of the molecule is CCN(CC)CCCCNCC=O. The second-order valence-corrected chi connectivity index (χ2v) is 3.10. The predicted octanol–water partition coefficient (Wildman–Crippen LogP) is 0.897. The number of aldehydes is 1. The van der Waals surface area contributed by atoms with Crippen molar-refractivity contribution >= 4 is 6.29 Å². The second-order valence-electron chi connectivity index (χ2n) is 3.10. The summed E-state index contributed by atoms with van der Waals surface area (Å²) in [4.78, 5) is 12.4. The minimum absolute atomic E-state index is 0.491. The molecule has 0 radical (unpaired) electrons. The Kier molecular flexibility index (Phi) is 9.37. The summed E-state index contributed by atoms with van der Waals surface area (Å²) >= 11 is 0. The van der Waals surface area contributed by atoms with Gasteiger partial charge in [0.15, 0.2) is 0 Å². The van der Waals surface area contributed by atoms with Crippen molar-refractivity contribution in [2.24, 2.45) is 0 Å². The highest BCUT2D eigenvalue weighted by molar-refractivity contribution is 5.51. The lowest BCUT2D eigenvalue weighted by Gasteiger charge is -2.17. The van der Waals surface area contributed by atoms with E-state index in [0.717, 1.165) is 32.3 Å². The van der Waals surface area contributed by atoms with Gasteiger partial charge in [-0.2, -0.15) is 0 Å². The Labute approximate surface area is 81.5 Å². The van der Waals surface area contributed by atoms with Crippen molar-refractivity contribution in [2.75, 3.05) is 32.7 Å². The fourth-order valence-electron chi connectivity index (χ4n) is 1.29. The standard InChI is InChI=1S/C10H22N2O/c1-3-12(4-2)9-6-5-7-11-8-10-13/h10-11H,3-9H2,1-2H3. The number of rotatable bonds is 9. The highest BCUT2D eigenvalue weighted by Gasteiger charge is 1.97. The maximum atomic E-state index is 9.97. The van der Waals surface area contributed by atoms with E-state index in [2.05, 4.69) is 24.1 Å². The fraction of sp³-hybridized carbons (Fsp3) is 0.900. The first-order valence-electron chi connectivity index (χ1n) is 5.21. The number of nitrogens with zero attached hydrogens (tertiary/aromatic N) is 1. The minimum atomic E-state index is 0.491. The van der Waals surface area contributed by atoms with Crippen molar-refractivity contribution in [3.63, 3.8) is 0 Å². The van der Waals surface area contributed by atoms with Crippen molar-refractivity contribution < 1.29 is 4.79 Å². The lowest BCUT2D eigenvalue weighted by molar-refractivity contribution is -0.107. The molecule has 0 amide bonds. The van der Waals surface area contributed by atoms with Gasteiger partial charge in [-0.3, -0.25) is 0 Å². The largest absolute Gasteiger partial charge is 0.310 e. The molecule has 78 valence electrons. The average Bonchev–Trinajstić information content (AvgIpc) is 2.17. The molecule has 0 atom stereocenters. The van der Waals surface area contributed by atoms with Crippen LogP contribution in [-0.2, 0) is 4.79 Å². The summed E-state index contributed by atoms with van der Waals surface area (Å²) in [5.41, 5.74) is 0. The molecule has 0 unspecified atom stereocenters. The Balaban J connectivity index is 3.09. The van der Waals surface area contributed by atoms with Crippen LogP contribution in [-0.4, -0.2) is 43.9 Å². The molecule has 13 heavy (non-hydrogen) atoms. The molecule has 0 aromatic carbocycles. The third kappa shape index (κ3) is 7.94. The number of unbranched alkanes of at least 4 members (excludes halogenated alkanes) is 1. The summed E-state index contributed by atoms with van der Waals surface area (Å²) < 4.78 is 0. The molecular formula is C10H22N2O. The van der Waals surface area contributed by atoms with Gasteiger partial charge in [0.05, 0.1) is 6.54 Å². The zero-order valence-electron chi connectivity index (χ0n) is 8.88. The van der Waals surface area contributed by atoms with Gasteiger partial charge in [-0.1, -0.05) is 13.8 Å². The molecule has 0 rings (SSSR count). The van der Waals surface area contributed by atoms with Crippen LogP contribution in [0.15, 0.2) is 0 Å². The number of hydrogen-bond acceptors (Lipinski definition) is 3. The van der Waals surface area contributed by atoms with E-state index in [4.69, 9.17) is 0 Å². The van der Waals surface area contributed by atoms with Crippen LogP contribution >= 0.6 is 0 Å². The summed E-state index contributed by atoms with van der Waals surface area (Å²) in [6, 6.07) is 0. The molecule has 0 aromatic rings. The fourth-order valence-corrected chi connectivity index (χ4v) is 1.29. The quantitative estimate of drug-likeness (QED) is 0.429. The molecule has 3 heteroatoms. The number of carbonyl (C=O) groups excluding carboxylic acids is 1. The van der Waals surface area contributed by atoms with Crippen LogP contribution in [0.2, 0.25) is 0 Å². The summed E-state index contributed by atoms with van der Waals surface area (Å²) in [5, 5.41) is 3.06. The van der Waals surface area contributed by atoms with E-state index in [1.807, 2.05) is 0 Å². The van der Waals surface area contributed by atoms with Gasteiger partial charge < -0.3 is 15.0 Å². The number of nitrogens with one attached hydrogen (secondary N) is 1. The predicted molar refractivity (Wildman–Crippen MR) is 56.0 cm³/mol. The van der Waals surface area contributed by atoms with Gasteiger partial charge in [0.1, 0.15) is 6.29 Å². The smallest absolute Gasteiger partial charge is 0.133 e. The molecular weight excluding hydrogens is 164 g/mol. The van der Waals surface area contributed by atoms with Gasteiger partial charge in [0, 0.05) is 0 Å². The van der Waals surface area contributed by atoms with E-state index in [-0.39, 0.29) is 0 Å². The van der Waals surface area contributed by atoms with E-state index < -0.39 is 0 Å². The molecule has 0 spiro atoms. The van der Waals surface area contributed by atoms with Gasteiger partial charge in [0.2, 0.25) is 0 Å². The van der Waals surface area contributed by atoms with Crippen LogP contribution in [0.4, 0.5) is 0 Å². The zero-order chi connectivity index (χ0) is 9.94. The van der Waals surface area contributed by atoms with Gasteiger partial charge >= 0.3 is 0 Å². The summed E-state index contributed by atoms with van der Waals surface area (Å²) in [7, 11) is 0. The molecule has 0 bridgehead atoms. The monoisotopic (exact) mass is 186 g/mol. The molecule has 3 nitrogen and oxygen atoms in total. The van der Waals surface area contributed by atoms with Crippen LogP contribution in [0.3, 0.4) is 0 Å². The Bertz CT molecular complexity index is 113. The molecule has 0 aliphatic carbocycles. The van der Waals surface area contributed by atoms with E-state index in [9.17, 15) is 4.79 Å². The minimum Gasteiger partial charge on any atom is -0.310 e. The van der Waals surface area contributed by atoms with E-state index in [0.29, 0.717) is 6.54 Å². The van der Waals surface area contributed by atoms with Crippen molar-refractivity contribution in [3.8, 4) is 0 Å². The first-order chi connectivity index (χ1) is 6.35. The Morgan fingerprint density at radius 1 is 1.23 bits per heavy atom. The number of hydrogen-bond donors (Lipinski definition) is 1. The molecule has 1 N–H and O–H groups in total. The van der Waals surface area contributed by atoms with Crippen molar-refractivity contribution in [3.05, 3.63) is 0 Å². The summed E-state index contributed by atoms with van der Waals surface area (Å²) in [5.74, 6) is 0. The number of carbonyl (C=O) groups is 1. The Morgan fingerprint density at radius 2 is 1.92 bits per heavy atom. The molecule has 0 saturated heterocycles. The molecule has 0 aliphatic rings. The molecule has 0 fully saturated rings. The first kappa shape index (κ1) is 12.6. The van der Waals surface area contributed by atoms with Gasteiger partial charge in [-0.05, 0) is 39.0 Å². The first-order valence-corrected chi connectivity index (χ1v) is 5.21. The van der Waals surface area contributed by atoms with Gasteiger partial charge in [-0.25, -0.2) is 0 Å². The normalized spacial score (nSPS) is 10.7. The summed E-state index contributed by atoms with van der Waals surface area (Å²) in [6.07, 6.45) is 3.28. The topological polar surface area (TPSA) is 32.3 Å². The second kappa shape index (κ2) is 9.68. The average molecular weight is 186 g/mol. The molecule has 0 aromatic heterocycles. The molecule has 0 aliphatic heterocycles. The lowest BCUT2D eigenvalue weighted by atomic mass is 10.3. The molecule has 0 heterocycles. The molecule has 0 saturated carbocycles. The van der Waals surface area contributed by atoms with Crippen LogP contribution in [0.5, 0.6) is 0 Å². The maximum absolute atomic E-state index is 9.97. The van der Waals surface area contributed by atoms with Crippen molar-refractivity contribution in [2.45, 2.75) is 26.7 Å². The zero-order valence-corrected chi connectivity index (χ0v) is 8.88. The summed E-state index contributed by atoms with van der Waals surface area (Å²) in [6.45, 7) is 9.28. The van der Waals surface area contributed by atoms with Crippen molar-refractivity contribution in [1.29, 1.82) is 0 Å². The third-order valence-corrected chi connectivity index (χ3v) is 2.20. The van der Waals surface area contributed by atoms with Crippen LogP contribution in [0.25, 0.3) is 0 Å². The Hall–Kier alpha value is -0.410. The van der Waals surface area contributed by atoms with Crippen LogP contribution in [0.1, 0.15) is 26.7 Å². The third-order valence-electron chi connectivity index (χ3n) is 2.20. The van der Waals surface area contributed by atoms with Crippen LogP contribution < -0.4 is 5.32 Å². The highest BCUT2D eigenvalue weighted by atomic mass is 16.1. The lowest BCUT2D eigenvalue weighted by Crippen LogP contribution is -2.25. The Morgan fingerprint density at radius 3 is 2.46 bits per heavy atom. The van der Waals surface area contributed by atoms with Gasteiger partial charge in [0.25, 0.3) is 0 Å². The van der Waals surface area contributed by atoms with E-state index in [1.54, 1.807) is 0 Å².